The van der Waals surface area contributed by atoms with Gasteiger partial charge in [-0.3, -0.25) is 0 Å². The van der Waals surface area contributed by atoms with E-state index >= 15 is 0 Å². The van der Waals surface area contributed by atoms with Crippen LogP contribution in [0.3, 0.4) is 0 Å². The molecular weight excluding hydrogens is 204 g/mol. The molecule has 1 aromatic rings. The van der Waals surface area contributed by atoms with Crippen LogP contribution in [-0.4, -0.2) is 11.5 Å². The van der Waals surface area contributed by atoms with Crippen molar-refractivity contribution >= 4 is 11.3 Å². The van der Waals surface area contributed by atoms with Gasteiger partial charge in [0.2, 0.25) is 0 Å². The average molecular weight is 226 g/mol. The Bertz CT molecular complexity index is 302. The summed E-state index contributed by atoms with van der Waals surface area (Å²) in [5.74, 6) is 0.702. The molecule has 0 saturated carbocycles. The highest BCUT2D eigenvalue weighted by Crippen LogP contribution is 2.24. The summed E-state index contributed by atoms with van der Waals surface area (Å²) >= 11 is 1.77. The molecule has 0 atom stereocenters. The molecule has 0 fully saturated rings. The van der Waals surface area contributed by atoms with Crippen LogP contribution in [0.25, 0.3) is 0 Å². The first-order chi connectivity index (χ1) is 6.92. The van der Waals surface area contributed by atoms with Gasteiger partial charge in [-0.2, -0.15) is 0 Å². The van der Waals surface area contributed by atoms with Gasteiger partial charge in [0.25, 0.3) is 0 Å². The minimum absolute atomic E-state index is 0.361. The first kappa shape index (κ1) is 12.7. The maximum atomic E-state index is 4.25. The molecule has 0 aliphatic carbocycles. The van der Waals surface area contributed by atoms with Crippen LogP contribution in [0.15, 0.2) is 6.20 Å². The van der Waals surface area contributed by atoms with E-state index in [9.17, 15) is 0 Å². The van der Waals surface area contributed by atoms with E-state index in [2.05, 4.69) is 38.0 Å². The van der Waals surface area contributed by atoms with Crippen LogP contribution in [0.2, 0.25) is 0 Å². The Morgan fingerprint density at radius 1 is 1.47 bits per heavy atom. The fraction of sp³-hybridized carbons (Fsp3) is 0.750. The zero-order valence-corrected chi connectivity index (χ0v) is 11.2. The van der Waals surface area contributed by atoms with Gasteiger partial charge in [-0.25, -0.2) is 4.98 Å². The summed E-state index contributed by atoms with van der Waals surface area (Å²) in [5, 5.41) is 4.66. The van der Waals surface area contributed by atoms with Gasteiger partial charge >= 0.3 is 0 Å². The van der Waals surface area contributed by atoms with E-state index in [1.807, 2.05) is 13.1 Å². The Morgan fingerprint density at radius 3 is 2.60 bits per heavy atom. The second-order valence-electron chi connectivity index (χ2n) is 5.09. The molecule has 0 spiro atoms. The van der Waals surface area contributed by atoms with Gasteiger partial charge in [0.15, 0.2) is 0 Å². The van der Waals surface area contributed by atoms with E-state index in [1.54, 1.807) is 11.3 Å². The summed E-state index contributed by atoms with van der Waals surface area (Å²) in [5.41, 5.74) is 0.361. The molecule has 0 saturated heterocycles. The lowest BCUT2D eigenvalue weighted by Crippen LogP contribution is -2.32. The van der Waals surface area contributed by atoms with Crippen molar-refractivity contribution in [2.75, 3.05) is 6.54 Å². The maximum Gasteiger partial charge on any atom is 0.0897 e. The summed E-state index contributed by atoms with van der Waals surface area (Å²) in [6, 6.07) is 0. The SMILES string of the molecule is Cc1ncc(CNCC(C)(C)C(C)C)s1. The molecule has 2 nitrogen and oxygen atoms in total. The number of hydrogen-bond acceptors (Lipinski definition) is 3. The van der Waals surface area contributed by atoms with Gasteiger partial charge in [0.05, 0.1) is 5.01 Å². The number of nitrogens with one attached hydrogen (secondary N) is 1. The normalized spacial score (nSPS) is 12.4. The van der Waals surface area contributed by atoms with Gasteiger partial charge in [-0.1, -0.05) is 27.7 Å². The Labute approximate surface area is 97.1 Å². The first-order valence-electron chi connectivity index (χ1n) is 5.54. The third-order valence-electron chi connectivity index (χ3n) is 3.11. The Balaban J connectivity index is 2.33. The summed E-state index contributed by atoms with van der Waals surface area (Å²) < 4.78 is 0. The monoisotopic (exact) mass is 226 g/mol. The van der Waals surface area contributed by atoms with E-state index in [0.717, 1.165) is 18.1 Å². The van der Waals surface area contributed by atoms with Gasteiger partial charge in [-0.15, -0.1) is 11.3 Å². The van der Waals surface area contributed by atoms with Crippen LogP contribution in [0.1, 0.15) is 37.6 Å². The van der Waals surface area contributed by atoms with Crippen molar-refractivity contribution in [3.8, 4) is 0 Å². The smallest absolute Gasteiger partial charge is 0.0897 e. The molecule has 0 aliphatic heterocycles. The number of hydrogen-bond donors (Lipinski definition) is 1. The molecular formula is C12H22N2S. The quantitative estimate of drug-likeness (QED) is 0.834. The van der Waals surface area contributed by atoms with Crippen LogP contribution in [0.4, 0.5) is 0 Å². The van der Waals surface area contributed by atoms with E-state index < -0.39 is 0 Å². The second kappa shape index (κ2) is 5.08. The molecule has 3 heteroatoms. The highest BCUT2D eigenvalue weighted by molar-refractivity contribution is 7.11. The van der Waals surface area contributed by atoms with Crippen molar-refractivity contribution < 1.29 is 0 Å². The first-order valence-corrected chi connectivity index (χ1v) is 6.35. The summed E-state index contributed by atoms with van der Waals surface area (Å²) in [6.07, 6.45) is 1.97. The molecule has 0 amide bonds. The minimum atomic E-state index is 0.361. The summed E-state index contributed by atoms with van der Waals surface area (Å²) in [7, 11) is 0. The summed E-state index contributed by atoms with van der Waals surface area (Å²) in [6.45, 7) is 13.2. The number of thiazole rings is 1. The molecule has 1 aromatic heterocycles. The van der Waals surface area contributed by atoms with Gasteiger partial charge in [-0.05, 0) is 18.3 Å². The standard InChI is InChI=1S/C12H22N2S/c1-9(2)12(4,5)8-13-6-11-7-14-10(3)15-11/h7,9,13H,6,8H2,1-5H3. The Hall–Kier alpha value is -0.410. The van der Waals surface area contributed by atoms with Crippen molar-refractivity contribution in [2.24, 2.45) is 11.3 Å². The van der Waals surface area contributed by atoms with Crippen molar-refractivity contribution in [3.63, 3.8) is 0 Å². The third-order valence-corrected chi connectivity index (χ3v) is 4.02. The highest BCUT2D eigenvalue weighted by atomic mass is 32.1. The maximum absolute atomic E-state index is 4.25. The van der Waals surface area contributed by atoms with Crippen molar-refractivity contribution in [2.45, 2.75) is 41.2 Å². The molecule has 1 N–H and O–H groups in total. The highest BCUT2D eigenvalue weighted by Gasteiger charge is 2.21. The topological polar surface area (TPSA) is 24.9 Å². The second-order valence-corrected chi connectivity index (χ2v) is 6.41. The number of nitrogens with zero attached hydrogens (tertiary/aromatic N) is 1. The van der Waals surface area contributed by atoms with Gasteiger partial charge in [0, 0.05) is 24.2 Å². The van der Waals surface area contributed by atoms with Crippen LogP contribution < -0.4 is 5.32 Å². The molecule has 0 radical (unpaired) electrons. The van der Waals surface area contributed by atoms with E-state index in [4.69, 9.17) is 0 Å². The van der Waals surface area contributed by atoms with Crippen LogP contribution in [-0.2, 0) is 6.54 Å². The zero-order valence-electron chi connectivity index (χ0n) is 10.4. The third kappa shape index (κ3) is 3.92. The number of rotatable bonds is 5. The molecule has 1 rings (SSSR count). The molecule has 0 aromatic carbocycles. The van der Waals surface area contributed by atoms with Gasteiger partial charge in [0.1, 0.15) is 0 Å². The van der Waals surface area contributed by atoms with Crippen LogP contribution in [0, 0.1) is 18.3 Å². The molecule has 86 valence electrons. The average Bonchev–Trinajstić information content (AvgIpc) is 2.51. The molecule has 15 heavy (non-hydrogen) atoms. The lowest BCUT2D eigenvalue weighted by atomic mass is 9.81. The largest absolute Gasteiger partial charge is 0.311 e. The predicted molar refractivity (Wildman–Crippen MR) is 67.2 cm³/mol. The number of aryl methyl sites for hydroxylation is 1. The fourth-order valence-electron chi connectivity index (χ4n) is 1.20. The van der Waals surface area contributed by atoms with E-state index in [-0.39, 0.29) is 0 Å². The molecule has 0 bridgehead atoms. The van der Waals surface area contributed by atoms with Crippen LogP contribution >= 0.6 is 11.3 Å². The zero-order chi connectivity index (χ0) is 11.5. The Morgan fingerprint density at radius 2 is 2.13 bits per heavy atom. The molecule has 0 unspecified atom stereocenters. The lowest BCUT2D eigenvalue weighted by Gasteiger charge is -2.29. The summed E-state index contributed by atoms with van der Waals surface area (Å²) in [4.78, 5) is 5.57. The van der Waals surface area contributed by atoms with E-state index in [0.29, 0.717) is 11.3 Å². The van der Waals surface area contributed by atoms with Crippen molar-refractivity contribution in [1.82, 2.24) is 10.3 Å². The Kier molecular flexibility index (Phi) is 4.29. The molecule has 1 heterocycles. The number of aromatic nitrogens is 1. The van der Waals surface area contributed by atoms with Crippen molar-refractivity contribution in [3.05, 3.63) is 16.1 Å². The molecule has 0 aliphatic rings. The van der Waals surface area contributed by atoms with E-state index in [1.165, 1.54) is 4.88 Å². The van der Waals surface area contributed by atoms with Crippen molar-refractivity contribution in [1.29, 1.82) is 0 Å². The predicted octanol–water partition coefficient (Wildman–Crippen LogP) is 3.22. The lowest BCUT2D eigenvalue weighted by molar-refractivity contribution is 0.238. The minimum Gasteiger partial charge on any atom is -0.311 e. The fourth-order valence-corrected chi connectivity index (χ4v) is 1.96. The van der Waals surface area contributed by atoms with Crippen LogP contribution in [0.5, 0.6) is 0 Å². The van der Waals surface area contributed by atoms with Gasteiger partial charge < -0.3 is 5.32 Å².